The van der Waals surface area contributed by atoms with Crippen LogP contribution in [0.5, 0.6) is 5.75 Å². The number of para-hydroxylation sites is 2. The molecule has 1 fully saturated rings. The summed E-state index contributed by atoms with van der Waals surface area (Å²) in [7, 11) is 1.72. The Bertz CT molecular complexity index is 798. The molecular weight excluding hydrogens is 511 g/mol. The Labute approximate surface area is 200 Å². The van der Waals surface area contributed by atoms with Crippen LogP contribution in [-0.2, 0) is 5.60 Å². The van der Waals surface area contributed by atoms with Gasteiger partial charge >= 0.3 is 0 Å². The zero-order valence-corrected chi connectivity index (χ0v) is 21.1. The Morgan fingerprint density at radius 3 is 2.83 bits per heavy atom. The van der Waals surface area contributed by atoms with Crippen LogP contribution in [0.1, 0.15) is 25.8 Å². The van der Waals surface area contributed by atoms with Gasteiger partial charge in [-0.25, -0.2) is 4.99 Å². The fourth-order valence-electron chi connectivity index (χ4n) is 3.59. The van der Waals surface area contributed by atoms with Crippen molar-refractivity contribution in [2.24, 2.45) is 10.9 Å². The Morgan fingerprint density at radius 2 is 2.13 bits per heavy atom. The van der Waals surface area contributed by atoms with Gasteiger partial charge in [0.15, 0.2) is 5.96 Å². The second-order valence-electron chi connectivity index (χ2n) is 7.63. The number of anilines is 1. The zero-order chi connectivity index (χ0) is 20.7. The van der Waals surface area contributed by atoms with Crippen molar-refractivity contribution in [2.45, 2.75) is 25.9 Å². The van der Waals surface area contributed by atoms with E-state index in [2.05, 4.69) is 32.7 Å². The lowest BCUT2D eigenvalue weighted by Crippen LogP contribution is -2.41. The van der Waals surface area contributed by atoms with Crippen molar-refractivity contribution in [3.63, 3.8) is 0 Å². The lowest BCUT2D eigenvalue weighted by Gasteiger charge is -2.22. The number of guanidine groups is 1. The van der Waals surface area contributed by atoms with Gasteiger partial charge in [-0.05, 0) is 60.7 Å². The largest absolute Gasteiger partial charge is 0.495 e. The van der Waals surface area contributed by atoms with Gasteiger partial charge in [-0.15, -0.1) is 24.0 Å². The van der Waals surface area contributed by atoms with Crippen LogP contribution in [0.3, 0.4) is 0 Å². The van der Waals surface area contributed by atoms with E-state index in [1.165, 1.54) is 0 Å². The highest BCUT2D eigenvalue weighted by Gasteiger charge is 2.25. The SMILES string of the molecule is CCNC(=NCC(C)(O)c1ccsc1)NCC1CCN(c2ccccc2OC)C1.I. The molecule has 2 aromatic rings. The minimum absolute atomic E-state index is 0. The molecule has 30 heavy (non-hydrogen) atoms. The van der Waals surface area contributed by atoms with E-state index in [0.29, 0.717) is 12.5 Å². The van der Waals surface area contributed by atoms with Gasteiger partial charge in [0.2, 0.25) is 0 Å². The third-order valence-corrected chi connectivity index (χ3v) is 5.99. The van der Waals surface area contributed by atoms with E-state index in [-0.39, 0.29) is 24.0 Å². The zero-order valence-electron chi connectivity index (χ0n) is 17.9. The molecule has 8 heteroatoms. The highest BCUT2D eigenvalue weighted by atomic mass is 127. The first-order valence-corrected chi connectivity index (χ1v) is 11.1. The summed E-state index contributed by atoms with van der Waals surface area (Å²) in [5, 5.41) is 21.4. The number of hydrogen-bond acceptors (Lipinski definition) is 5. The molecule has 0 spiro atoms. The summed E-state index contributed by atoms with van der Waals surface area (Å²) < 4.78 is 5.51. The fraction of sp³-hybridized carbons (Fsp3) is 0.500. The summed E-state index contributed by atoms with van der Waals surface area (Å²) in [6.07, 6.45) is 1.12. The van der Waals surface area contributed by atoms with Crippen LogP contribution in [0.15, 0.2) is 46.1 Å². The molecule has 1 aromatic carbocycles. The molecule has 166 valence electrons. The normalized spacial score (nSPS) is 18.5. The quantitative estimate of drug-likeness (QED) is 0.269. The maximum atomic E-state index is 10.7. The van der Waals surface area contributed by atoms with Crippen LogP contribution >= 0.6 is 35.3 Å². The number of rotatable bonds is 8. The van der Waals surface area contributed by atoms with Crippen molar-refractivity contribution >= 4 is 47.0 Å². The van der Waals surface area contributed by atoms with Crippen LogP contribution in [0.4, 0.5) is 5.69 Å². The van der Waals surface area contributed by atoms with Gasteiger partial charge in [0.25, 0.3) is 0 Å². The molecule has 2 heterocycles. The van der Waals surface area contributed by atoms with Gasteiger partial charge in [-0.1, -0.05) is 12.1 Å². The number of aliphatic imine (C=N–C) groups is 1. The second kappa shape index (κ2) is 11.8. The van der Waals surface area contributed by atoms with E-state index in [0.717, 1.165) is 55.6 Å². The van der Waals surface area contributed by atoms with Crippen LogP contribution in [0.25, 0.3) is 0 Å². The van der Waals surface area contributed by atoms with Crippen LogP contribution in [-0.4, -0.2) is 50.9 Å². The molecule has 6 nitrogen and oxygen atoms in total. The molecule has 2 unspecified atom stereocenters. The van der Waals surface area contributed by atoms with Crippen LogP contribution in [0.2, 0.25) is 0 Å². The van der Waals surface area contributed by atoms with Crippen molar-refractivity contribution in [1.82, 2.24) is 10.6 Å². The topological polar surface area (TPSA) is 69.1 Å². The molecule has 1 saturated heterocycles. The van der Waals surface area contributed by atoms with Gasteiger partial charge < -0.3 is 25.4 Å². The van der Waals surface area contributed by atoms with E-state index >= 15 is 0 Å². The first kappa shape index (κ1) is 24.7. The Hall–Kier alpha value is -1.52. The molecule has 3 rings (SSSR count). The van der Waals surface area contributed by atoms with Crippen molar-refractivity contribution in [1.29, 1.82) is 0 Å². The lowest BCUT2D eigenvalue weighted by atomic mass is 10.00. The average Bonchev–Trinajstić information content (AvgIpc) is 3.42. The van der Waals surface area contributed by atoms with Crippen molar-refractivity contribution in [3.8, 4) is 5.75 Å². The molecule has 0 amide bonds. The Kier molecular flexibility index (Phi) is 9.70. The molecule has 2 atom stereocenters. The first-order chi connectivity index (χ1) is 14.0. The van der Waals surface area contributed by atoms with E-state index in [9.17, 15) is 5.11 Å². The summed E-state index contributed by atoms with van der Waals surface area (Å²) in [6.45, 7) is 7.81. The number of methoxy groups -OCH3 is 1. The number of nitrogens with zero attached hydrogens (tertiary/aromatic N) is 2. The average molecular weight is 545 g/mol. The maximum absolute atomic E-state index is 10.7. The van der Waals surface area contributed by atoms with Crippen molar-refractivity contribution < 1.29 is 9.84 Å². The number of nitrogens with one attached hydrogen (secondary N) is 2. The van der Waals surface area contributed by atoms with Gasteiger partial charge in [0.1, 0.15) is 11.4 Å². The highest BCUT2D eigenvalue weighted by Crippen LogP contribution is 2.31. The lowest BCUT2D eigenvalue weighted by molar-refractivity contribution is 0.0677. The minimum atomic E-state index is -0.962. The number of hydrogen-bond donors (Lipinski definition) is 3. The summed E-state index contributed by atoms with van der Waals surface area (Å²) in [5.74, 6) is 2.20. The molecular formula is C22H33IN4O2S. The number of thiophene rings is 1. The third kappa shape index (κ3) is 6.49. The predicted octanol–water partition coefficient (Wildman–Crippen LogP) is 3.66. The summed E-state index contributed by atoms with van der Waals surface area (Å²) in [4.78, 5) is 7.01. The highest BCUT2D eigenvalue weighted by molar-refractivity contribution is 14.0. The van der Waals surface area contributed by atoms with Crippen LogP contribution in [0, 0.1) is 5.92 Å². The standard InChI is InChI=1S/C22H32N4O2S.HI/c1-4-23-21(25-16-22(2,27)18-10-12-29-15-18)24-13-17-9-11-26(14-17)19-7-5-6-8-20(19)28-3;/h5-8,10,12,15,17,27H,4,9,11,13-14,16H2,1-3H3,(H2,23,24,25);1H. The first-order valence-electron chi connectivity index (χ1n) is 10.2. The number of ether oxygens (including phenoxy) is 1. The Balaban J connectivity index is 0.00000320. The van der Waals surface area contributed by atoms with Crippen molar-refractivity contribution in [3.05, 3.63) is 46.7 Å². The van der Waals surface area contributed by atoms with Gasteiger partial charge in [0.05, 0.1) is 19.3 Å². The van der Waals surface area contributed by atoms with Gasteiger partial charge in [-0.3, -0.25) is 0 Å². The molecule has 3 N–H and O–H groups in total. The summed E-state index contributed by atoms with van der Waals surface area (Å²) in [5.41, 5.74) is 1.10. The summed E-state index contributed by atoms with van der Waals surface area (Å²) >= 11 is 1.59. The molecule has 1 aliphatic heterocycles. The third-order valence-electron chi connectivity index (χ3n) is 5.30. The fourth-order valence-corrected chi connectivity index (χ4v) is 4.37. The molecule has 1 aromatic heterocycles. The molecule has 0 aliphatic carbocycles. The van der Waals surface area contributed by atoms with E-state index in [1.54, 1.807) is 18.4 Å². The molecule has 0 saturated carbocycles. The molecule has 0 bridgehead atoms. The number of benzene rings is 1. The smallest absolute Gasteiger partial charge is 0.191 e. The summed E-state index contributed by atoms with van der Waals surface area (Å²) in [6, 6.07) is 10.1. The minimum Gasteiger partial charge on any atom is -0.495 e. The molecule has 1 aliphatic rings. The molecule has 0 radical (unpaired) electrons. The Morgan fingerprint density at radius 1 is 1.33 bits per heavy atom. The number of halogens is 1. The van der Waals surface area contributed by atoms with Crippen LogP contribution < -0.4 is 20.3 Å². The van der Waals surface area contributed by atoms with Gasteiger partial charge in [0, 0.05) is 26.2 Å². The van der Waals surface area contributed by atoms with Gasteiger partial charge in [-0.2, -0.15) is 11.3 Å². The maximum Gasteiger partial charge on any atom is 0.191 e. The van der Waals surface area contributed by atoms with E-state index < -0.39 is 5.60 Å². The second-order valence-corrected chi connectivity index (χ2v) is 8.41. The van der Waals surface area contributed by atoms with E-state index in [4.69, 9.17) is 4.74 Å². The predicted molar refractivity (Wildman–Crippen MR) is 137 cm³/mol. The monoisotopic (exact) mass is 544 g/mol. The number of aliphatic hydroxyl groups is 1. The van der Waals surface area contributed by atoms with Crippen molar-refractivity contribution in [2.75, 3.05) is 44.7 Å². The van der Waals surface area contributed by atoms with E-state index in [1.807, 2.05) is 42.8 Å².